The fraction of sp³-hybridized carbons (Fsp3) is 0.364. The molecule has 0 aliphatic carbocycles. The van der Waals surface area contributed by atoms with E-state index in [1.54, 1.807) is 5.01 Å². The van der Waals surface area contributed by atoms with Crippen molar-refractivity contribution in [3.8, 4) is 0 Å². The van der Waals surface area contributed by atoms with Crippen LogP contribution in [0.15, 0.2) is 18.2 Å². The standard InChI is InChI=1S/C11H15N5O4/c12-13-10-2-1-8(16(18)19)7-9(10)11(17)14-15-3-5-20-6-4-15/h1-2,7,13H,3-6,12H2,(H,14,17). The maximum Gasteiger partial charge on any atom is 0.270 e. The van der Waals surface area contributed by atoms with Gasteiger partial charge >= 0.3 is 0 Å². The lowest BCUT2D eigenvalue weighted by atomic mass is 10.1. The summed E-state index contributed by atoms with van der Waals surface area (Å²) in [6, 6.07) is 3.86. The van der Waals surface area contributed by atoms with Crippen LogP contribution in [0.25, 0.3) is 0 Å². The second-order valence-electron chi connectivity index (χ2n) is 4.17. The number of hydrogen-bond donors (Lipinski definition) is 3. The molecule has 0 aromatic heterocycles. The van der Waals surface area contributed by atoms with Crippen LogP contribution in [0, 0.1) is 10.1 Å². The number of rotatable bonds is 4. The van der Waals surface area contributed by atoms with Crippen LogP contribution in [0.5, 0.6) is 0 Å². The summed E-state index contributed by atoms with van der Waals surface area (Å²) in [4.78, 5) is 22.4. The molecule has 9 heteroatoms. The normalized spacial score (nSPS) is 15.7. The summed E-state index contributed by atoms with van der Waals surface area (Å²) >= 11 is 0. The molecule has 0 unspecified atom stereocenters. The number of morpholine rings is 1. The van der Waals surface area contributed by atoms with E-state index >= 15 is 0 Å². The van der Waals surface area contributed by atoms with Crippen LogP contribution in [0.3, 0.4) is 0 Å². The monoisotopic (exact) mass is 281 g/mol. The highest BCUT2D eigenvalue weighted by Gasteiger charge is 2.19. The second kappa shape index (κ2) is 6.28. The van der Waals surface area contributed by atoms with Gasteiger partial charge in [0.25, 0.3) is 11.6 Å². The molecule has 20 heavy (non-hydrogen) atoms. The highest BCUT2D eigenvalue weighted by Crippen LogP contribution is 2.21. The molecule has 1 aromatic rings. The van der Waals surface area contributed by atoms with Gasteiger partial charge in [0.15, 0.2) is 0 Å². The summed E-state index contributed by atoms with van der Waals surface area (Å²) in [5.41, 5.74) is 5.29. The summed E-state index contributed by atoms with van der Waals surface area (Å²) in [5, 5.41) is 12.5. The number of nitrogens with zero attached hydrogens (tertiary/aromatic N) is 2. The van der Waals surface area contributed by atoms with Crippen molar-refractivity contribution in [2.45, 2.75) is 0 Å². The molecule has 0 bridgehead atoms. The van der Waals surface area contributed by atoms with E-state index < -0.39 is 10.8 Å². The van der Waals surface area contributed by atoms with Gasteiger partial charge in [-0.05, 0) is 6.07 Å². The number of anilines is 1. The Hall–Kier alpha value is -2.23. The molecule has 1 aliphatic rings. The number of benzene rings is 1. The van der Waals surface area contributed by atoms with Gasteiger partial charge in [0.2, 0.25) is 0 Å². The lowest BCUT2D eigenvalue weighted by Crippen LogP contribution is -2.48. The van der Waals surface area contributed by atoms with Crippen molar-refractivity contribution in [2.24, 2.45) is 5.84 Å². The van der Waals surface area contributed by atoms with Gasteiger partial charge in [-0.3, -0.25) is 26.2 Å². The fourth-order valence-electron chi connectivity index (χ4n) is 1.84. The van der Waals surface area contributed by atoms with Crippen LogP contribution in [-0.4, -0.2) is 42.1 Å². The van der Waals surface area contributed by atoms with Crippen molar-refractivity contribution in [1.29, 1.82) is 0 Å². The van der Waals surface area contributed by atoms with E-state index in [-0.39, 0.29) is 11.3 Å². The number of non-ortho nitro benzene ring substituents is 1. The van der Waals surface area contributed by atoms with Gasteiger partial charge in [-0.25, -0.2) is 5.01 Å². The van der Waals surface area contributed by atoms with Crippen molar-refractivity contribution >= 4 is 17.3 Å². The van der Waals surface area contributed by atoms with Crippen molar-refractivity contribution in [2.75, 3.05) is 31.7 Å². The molecule has 1 heterocycles. The summed E-state index contributed by atoms with van der Waals surface area (Å²) in [7, 11) is 0. The van der Waals surface area contributed by atoms with E-state index in [9.17, 15) is 14.9 Å². The quantitative estimate of drug-likeness (QED) is 0.398. The minimum absolute atomic E-state index is 0.119. The Bertz CT molecular complexity index is 516. The number of nitrogen functional groups attached to an aromatic ring is 1. The number of nitrogens with one attached hydrogen (secondary N) is 2. The number of carbonyl (C=O) groups is 1. The van der Waals surface area contributed by atoms with E-state index in [1.807, 2.05) is 0 Å². The molecular formula is C11H15N5O4. The molecule has 4 N–H and O–H groups in total. The number of hydrogen-bond acceptors (Lipinski definition) is 7. The van der Waals surface area contributed by atoms with Crippen molar-refractivity contribution < 1.29 is 14.5 Å². The van der Waals surface area contributed by atoms with Crippen LogP contribution >= 0.6 is 0 Å². The second-order valence-corrected chi connectivity index (χ2v) is 4.17. The number of carbonyl (C=O) groups excluding carboxylic acids is 1. The molecular weight excluding hydrogens is 266 g/mol. The van der Waals surface area contributed by atoms with Crippen molar-refractivity contribution in [1.82, 2.24) is 10.4 Å². The maximum atomic E-state index is 12.2. The highest BCUT2D eigenvalue weighted by atomic mass is 16.6. The number of nitrogens with two attached hydrogens (primary N) is 1. The van der Waals surface area contributed by atoms with E-state index in [0.29, 0.717) is 32.0 Å². The zero-order chi connectivity index (χ0) is 14.5. The SMILES string of the molecule is NNc1ccc([N+](=O)[O-])cc1C(=O)NN1CCOCC1. The van der Waals surface area contributed by atoms with Crippen LogP contribution in [-0.2, 0) is 4.74 Å². The predicted molar refractivity (Wildman–Crippen MR) is 70.8 cm³/mol. The fourth-order valence-corrected chi connectivity index (χ4v) is 1.84. The lowest BCUT2D eigenvalue weighted by molar-refractivity contribution is -0.384. The Balaban J connectivity index is 2.18. The molecule has 1 aliphatic heterocycles. The number of nitro groups is 1. The minimum atomic E-state index is -0.564. The van der Waals surface area contributed by atoms with Crippen molar-refractivity contribution in [3.05, 3.63) is 33.9 Å². The zero-order valence-corrected chi connectivity index (χ0v) is 10.7. The maximum absolute atomic E-state index is 12.2. The van der Waals surface area contributed by atoms with Crippen LogP contribution in [0.4, 0.5) is 11.4 Å². The molecule has 1 fully saturated rings. The van der Waals surface area contributed by atoms with Gasteiger partial charge in [0.05, 0.1) is 29.4 Å². The van der Waals surface area contributed by atoms with Crippen LogP contribution in [0.1, 0.15) is 10.4 Å². The van der Waals surface area contributed by atoms with Gasteiger partial charge < -0.3 is 10.2 Å². The number of ether oxygens (including phenoxy) is 1. The van der Waals surface area contributed by atoms with Gasteiger partial charge in [0.1, 0.15) is 0 Å². The first-order chi connectivity index (χ1) is 9.61. The van der Waals surface area contributed by atoms with Crippen LogP contribution in [0.2, 0.25) is 0 Å². The molecule has 0 spiro atoms. The van der Waals surface area contributed by atoms with Crippen LogP contribution < -0.4 is 16.7 Å². The average Bonchev–Trinajstić information content (AvgIpc) is 2.47. The topological polar surface area (TPSA) is 123 Å². The Kier molecular flexibility index (Phi) is 4.45. The van der Waals surface area contributed by atoms with Gasteiger partial charge in [-0.2, -0.15) is 0 Å². The Morgan fingerprint density at radius 3 is 2.70 bits per heavy atom. The molecule has 1 amide bonds. The van der Waals surface area contributed by atoms with Crippen molar-refractivity contribution in [3.63, 3.8) is 0 Å². The zero-order valence-electron chi connectivity index (χ0n) is 10.7. The summed E-state index contributed by atoms with van der Waals surface area (Å²) in [6.07, 6.45) is 0. The Labute approximate surface area is 114 Å². The highest BCUT2D eigenvalue weighted by molar-refractivity contribution is 6.00. The summed E-state index contributed by atoms with van der Waals surface area (Å²) in [5.74, 6) is 4.86. The molecule has 1 aromatic carbocycles. The molecule has 1 saturated heterocycles. The first kappa shape index (κ1) is 14.2. The third-order valence-corrected chi connectivity index (χ3v) is 2.88. The number of nitro benzene ring substituents is 1. The van der Waals surface area contributed by atoms with E-state index in [4.69, 9.17) is 10.6 Å². The molecule has 0 radical (unpaired) electrons. The smallest absolute Gasteiger partial charge is 0.270 e. The summed E-state index contributed by atoms with van der Waals surface area (Å²) in [6.45, 7) is 2.17. The van der Waals surface area contributed by atoms with E-state index in [2.05, 4.69) is 10.9 Å². The number of amides is 1. The molecule has 9 nitrogen and oxygen atoms in total. The van der Waals surface area contributed by atoms with E-state index in [1.165, 1.54) is 18.2 Å². The first-order valence-corrected chi connectivity index (χ1v) is 6.00. The van der Waals surface area contributed by atoms with Gasteiger partial charge in [-0.15, -0.1) is 0 Å². The lowest BCUT2D eigenvalue weighted by Gasteiger charge is -2.27. The predicted octanol–water partition coefficient (Wildman–Crippen LogP) is -0.143. The number of hydrazine groups is 2. The minimum Gasteiger partial charge on any atom is -0.379 e. The molecule has 0 saturated carbocycles. The average molecular weight is 281 g/mol. The Morgan fingerprint density at radius 2 is 2.10 bits per heavy atom. The molecule has 2 rings (SSSR count). The molecule has 108 valence electrons. The third-order valence-electron chi connectivity index (χ3n) is 2.88. The van der Waals surface area contributed by atoms with Gasteiger partial charge in [0, 0.05) is 25.2 Å². The summed E-state index contributed by atoms with van der Waals surface area (Å²) < 4.78 is 5.17. The third kappa shape index (κ3) is 3.20. The van der Waals surface area contributed by atoms with E-state index in [0.717, 1.165) is 0 Å². The Morgan fingerprint density at radius 1 is 1.40 bits per heavy atom. The first-order valence-electron chi connectivity index (χ1n) is 6.00. The van der Waals surface area contributed by atoms with Gasteiger partial charge in [-0.1, -0.05) is 0 Å². The molecule has 0 atom stereocenters. The largest absolute Gasteiger partial charge is 0.379 e.